The van der Waals surface area contributed by atoms with E-state index in [0.717, 1.165) is 23.4 Å². The molecule has 0 fully saturated rings. The molecule has 0 spiro atoms. The zero-order valence-electron chi connectivity index (χ0n) is 12.3. The molecular weight excluding hydrogens is 252 g/mol. The van der Waals surface area contributed by atoms with Crippen LogP contribution in [0.3, 0.4) is 0 Å². The second-order valence-electron chi connectivity index (χ2n) is 5.27. The molecule has 0 amide bonds. The first-order valence-electron chi connectivity index (χ1n) is 7.08. The predicted molar refractivity (Wildman–Crippen MR) is 78.6 cm³/mol. The first-order valence-corrected chi connectivity index (χ1v) is 7.08. The van der Waals surface area contributed by atoms with E-state index in [1.165, 1.54) is 0 Å². The van der Waals surface area contributed by atoms with Crippen LogP contribution in [0.25, 0.3) is 0 Å². The minimum Gasteiger partial charge on any atom is -0.508 e. The fourth-order valence-electron chi connectivity index (χ4n) is 2.16. The van der Waals surface area contributed by atoms with Gasteiger partial charge < -0.3 is 14.9 Å². The molecule has 0 radical (unpaired) electrons. The van der Waals surface area contributed by atoms with E-state index in [1.807, 2.05) is 24.3 Å². The quantitative estimate of drug-likeness (QED) is 0.842. The number of rotatable bonds is 6. The summed E-state index contributed by atoms with van der Waals surface area (Å²) in [7, 11) is 0. The van der Waals surface area contributed by atoms with Crippen LogP contribution in [0, 0.1) is 0 Å². The average molecular weight is 274 g/mol. The van der Waals surface area contributed by atoms with Crippen molar-refractivity contribution in [3.8, 4) is 5.75 Å². The van der Waals surface area contributed by atoms with Crippen molar-refractivity contribution < 1.29 is 9.63 Å². The summed E-state index contributed by atoms with van der Waals surface area (Å²) >= 11 is 0. The minimum absolute atomic E-state index is 0.101. The van der Waals surface area contributed by atoms with Gasteiger partial charge in [-0.05, 0) is 18.4 Å². The Morgan fingerprint density at radius 2 is 2.05 bits per heavy atom. The maximum atomic E-state index is 9.91. The summed E-state index contributed by atoms with van der Waals surface area (Å²) in [6, 6.07) is 9.50. The third-order valence-corrected chi connectivity index (χ3v) is 3.41. The number of phenols is 1. The Balaban J connectivity index is 2.02. The van der Waals surface area contributed by atoms with Crippen molar-refractivity contribution in [1.29, 1.82) is 0 Å². The van der Waals surface area contributed by atoms with Crippen molar-refractivity contribution in [3.05, 3.63) is 47.3 Å². The second-order valence-corrected chi connectivity index (χ2v) is 5.27. The van der Waals surface area contributed by atoms with Crippen molar-refractivity contribution in [2.45, 2.75) is 45.7 Å². The van der Waals surface area contributed by atoms with E-state index in [-0.39, 0.29) is 6.04 Å². The molecule has 1 atom stereocenters. The van der Waals surface area contributed by atoms with Gasteiger partial charge in [0.15, 0.2) is 5.76 Å². The molecule has 108 valence electrons. The van der Waals surface area contributed by atoms with Gasteiger partial charge >= 0.3 is 0 Å². The molecule has 0 bridgehead atoms. The number of para-hydroxylation sites is 1. The van der Waals surface area contributed by atoms with Gasteiger partial charge in [0.05, 0.1) is 12.2 Å². The minimum atomic E-state index is 0.101. The van der Waals surface area contributed by atoms with Gasteiger partial charge in [0, 0.05) is 17.7 Å². The van der Waals surface area contributed by atoms with Gasteiger partial charge in [-0.15, -0.1) is 0 Å². The Hall–Kier alpha value is -1.81. The Morgan fingerprint density at radius 1 is 1.30 bits per heavy atom. The molecule has 1 aromatic carbocycles. The fraction of sp³-hybridized carbons (Fsp3) is 0.438. The van der Waals surface area contributed by atoms with Gasteiger partial charge in [0.25, 0.3) is 0 Å². The number of phenolic OH excluding ortho intramolecular Hbond substituents is 1. The molecular formula is C16H22N2O2. The van der Waals surface area contributed by atoms with Crippen LogP contribution < -0.4 is 5.32 Å². The Labute approximate surface area is 119 Å². The molecule has 1 aromatic heterocycles. The van der Waals surface area contributed by atoms with Crippen LogP contribution in [0.1, 0.15) is 56.2 Å². The van der Waals surface area contributed by atoms with E-state index in [1.54, 1.807) is 6.07 Å². The summed E-state index contributed by atoms with van der Waals surface area (Å²) in [5, 5.41) is 17.4. The summed E-state index contributed by atoms with van der Waals surface area (Å²) in [6.45, 7) is 6.87. The predicted octanol–water partition coefficient (Wildman–Crippen LogP) is 3.74. The van der Waals surface area contributed by atoms with E-state index in [4.69, 9.17) is 4.52 Å². The highest BCUT2D eigenvalue weighted by Gasteiger charge is 2.14. The number of hydrogen-bond acceptors (Lipinski definition) is 4. The largest absolute Gasteiger partial charge is 0.508 e. The van der Waals surface area contributed by atoms with E-state index in [9.17, 15) is 5.11 Å². The van der Waals surface area contributed by atoms with Crippen LogP contribution in [0.5, 0.6) is 5.75 Å². The molecule has 0 aliphatic heterocycles. The van der Waals surface area contributed by atoms with E-state index in [0.29, 0.717) is 18.2 Å². The molecule has 2 N–H and O–H groups in total. The Morgan fingerprint density at radius 3 is 2.65 bits per heavy atom. The maximum Gasteiger partial charge on any atom is 0.150 e. The first kappa shape index (κ1) is 14.6. The maximum absolute atomic E-state index is 9.91. The van der Waals surface area contributed by atoms with E-state index >= 15 is 0 Å². The highest BCUT2D eigenvalue weighted by atomic mass is 16.5. The van der Waals surface area contributed by atoms with Gasteiger partial charge in [-0.25, -0.2) is 0 Å². The van der Waals surface area contributed by atoms with Crippen LogP contribution in [-0.4, -0.2) is 10.3 Å². The number of aromatic hydroxyl groups is 1. The monoisotopic (exact) mass is 274 g/mol. The lowest BCUT2D eigenvalue weighted by Gasteiger charge is -2.17. The zero-order valence-corrected chi connectivity index (χ0v) is 12.3. The molecule has 0 aliphatic rings. The summed E-state index contributed by atoms with van der Waals surface area (Å²) in [4.78, 5) is 0. The molecule has 4 nitrogen and oxygen atoms in total. The lowest BCUT2D eigenvalue weighted by Crippen LogP contribution is -2.20. The van der Waals surface area contributed by atoms with Gasteiger partial charge in [-0.3, -0.25) is 0 Å². The standard InChI is InChI=1S/C16H22N2O2/c1-4-14(13-7-5-6-8-16(13)19)17-10-12-9-15(11(2)3)18-20-12/h5-9,11,14,17,19H,4,10H2,1-3H3/t14-/m1/s1. The number of benzene rings is 1. The van der Waals surface area contributed by atoms with Gasteiger partial charge in [-0.1, -0.05) is 44.1 Å². The average Bonchev–Trinajstić information content (AvgIpc) is 2.90. The molecule has 2 aromatic rings. The Kier molecular flexibility index (Phi) is 4.79. The third kappa shape index (κ3) is 3.39. The molecule has 4 heteroatoms. The second kappa shape index (κ2) is 6.57. The summed E-state index contributed by atoms with van der Waals surface area (Å²) in [5.41, 5.74) is 1.89. The zero-order chi connectivity index (χ0) is 14.5. The van der Waals surface area contributed by atoms with Crippen molar-refractivity contribution in [1.82, 2.24) is 10.5 Å². The van der Waals surface area contributed by atoms with Crippen LogP contribution in [0.15, 0.2) is 34.9 Å². The van der Waals surface area contributed by atoms with Crippen molar-refractivity contribution in [2.75, 3.05) is 0 Å². The molecule has 0 saturated carbocycles. The van der Waals surface area contributed by atoms with Gasteiger partial charge in [0.1, 0.15) is 5.75 Å². The van der Waals surface area contributed by atoms with Crippen LogP contribution >= 0.6 is 0 Å². The van der Waals surface area contributed by atoms with Gasteiger partial charge in [-0.2, -0.15) is 0 Å². The van der Waals surface area contributed by atoms with Crippen LogP contribution in [0.2, 0.25) is 0 Å². The number of nitrogens with zero attached hydrogens (tertiary/aromatic N) is 1. The smallest absolute Gasteiger partial charge is 0.150 e. The van der Waals surface area contributed by atoms with Crippen molar-refractivity contribution in [3.63, 3.8) is 0 Å². The summed E-state index contributed by atoms with van der Waals surface area (Å²) in [6.07, 6.45) is 0.892. The summed E-state index contributed by atoms with van der Waals surface area (Å²) in [5.74, 6) is 1.52. The molecule has 2 rings (SSSR count). The lowest BCUT2D eigenvalue weighted by molar-refractivity contribution is 0.353. The number of hydrogen-bond donors (Lipinski definition) is 2. The molecule has 1 heterocycles. The fourth-order valence-corrected chi connectivity index (χ4v) is 2.16. The molecule has 0 saturated heterocycles. The molecule has 0 unspecified atom stereocenters. The third-order valence-electron chi connectivity index (χ3n) is 3.41. The van der Waals surface area contributed by atoms with E-state index in [2.05, 4.69) is 31.2 Å². The highest BCUT2D eigenvalue weighted by molar-refractivity contribution is 5.34. The SMILES string of the molecule is CC[C@@H](NCc1cc(C(C)C)no1)c1ccccc1O. The lowest BCUT2D eigenvalue weighted by atomic mass is 10.0. The molecule has 20 heavy (non-hydrogen) atoms. The number of nitrogens with one attached hydrogen (secondary N) is 1. The van der Waals surface area contributed by atoms with Gasteiger partial charge in [0.2, 0.25) is 0 Å². The first-order chi connectivity index (χ1) is 9.61. The summed E-state index contributed by atoms with van der Waals surface area (Å²) < 4.78 is 5.31. The van der Waals surface area contributed by atoms with Crippen molar-refractivity contribution >= 4 is 0 Å². The Bertz CT molecular complexity index is 549. The van der Waals surface area contributed by atoms with E-state index < -0.39 is 0 Å². The molecule has 0 aliphatic carbocycles. The van der Waals surface area contributed by atoms with Crippen molar-refractivity contribution in [2.24, 2.45) is 0 Å². The highest BCUT2D eigenvalue weighted by Crippen LogP contribution is 2.26. The van der Waals surface area contributed by atoms with Crippen LogP contribution in [-0.2, 0) is 6.54 Å². The topological polar surface area (TPSA) is 58.3 Å². The normalized spacial score (nSPS) is 12.8. The number of aromatic nitrogens is 1. The van der Waals surface area contributed by atoms with Crippen LogP contribution in [0.4, 0.5) is 0 Å².